The van der Waals surface area contributed by atoms with E-state index < -0.39 is 43.3 Å². The summed E-state index contributed by atoms with van der Waals surface area (Å²) >= 11 is -1.03. The van der Waals surface area contributed by atoms with Crippen molar-refractivity contribution in [2.45, 2.75) is 16.9 Å². The zero-order valence-corrected chi connectivity index (χ0v) is 16.0. The summed E-state index contributed by atoms with van der Waals surface area (Å²) in [5, 5.41) is 0.985. The van der Waals surface area contributed by atoms with Gasteiger partial charge in [0.2, 0.25) is 0 Å². The molecule has 0 radical (unpaired) electrons. The van der Waals surface area contributed by atoms with Crippen LogP contribution in [0.1, 0.15) is 6.42 Å². The number of amides is 1. The van der Waals surface area contributed by atoms with E-state index >= 15 is 0 Å². The Morgan fingerprint density at radius 3 is 2.21 bits per heavy atom. The van der Waals surface area contributed by atoms with Gasteiger partial charge in [-0.15, -0.1) is 10.7 Å². The molecule has 0 atom stereocenters. The first-order valence-electron chi connectivity index (χ1n) is 3.78. The summed E-state index contributed by atoms with van der Waals surface area (Å²) < 4.78 is 76.4. The molecule has 0 saturated heterocycles. The Kier molecular flexibility index (Phi) is 10.1. The van der Waals surface area contributed by atoms with Crippen LogP contribution < -0.4 is 58.2 Å². The van der Waals surface area contributed by atoms with Crippen LogP contribution in [-0.2, 0) is 24.2 Å². The van der Waals surface area contributed by atoms with Crippen LogP contribution in [0.2, 0.25) is 0 Å². The maximum atomic E-state index is 13.1. The van der Waals surface area contributed by atoms with Gasteiger partial charge in [-0.2, -0.15) is 17.6 Å². The Balaban J connectivity index is 0. The van der Waals surface area contributed by atoms with Crippen LogP contribution in [0.4, 0.5) is 17.6 Å². The van der Waals surface area contributed by atoms with Gasteiger partial charge in [0.15, 0.2) is 0 Å². The van der Waals surface area contributed by atoms with Crippen molar-refractivity contribution in [3.63, 3.8) is 0 Å². The van der Waals surface area contributed by atoms with Crippen LogP contribution >= 0.6 is 12.0 Å². The Morgan fingerprint density at radius 1 is 1.37 bits per heavy atom. The number of carbonyl (C=O) groups excluding carboxylic acids is 1. The van der Waals surface area contributed by atoms with E-state index in [4.69, 9.17) is 5.26 Å². The maximum Gasteiger partial charge on any atom is 1.00 e. The van der Waals surface area contributed by atoms with E-state index in [0.717, 1.165) is 0 Å². The smallest absolute Gasteiger partial charge is 0.519 e. The Bertz CT molecular complexity index is 393. The van der Waals surface area contributed by atoms with Crippen molar-refractivity contribution in [1.82, 2.24) is 4.31 Å². The molecule has 0 aromatic carbocycles. The molecule has 7 nitrogen and oxygen atoms in total. The van der Waals surface area contributed by atoms with Crippen LogP contribution in [0.15, 0.2) is 0 Å². The fraction of sp³-hybridized carbons (Fsp3) is 0.800. The molecule has 1 N–H and O–H groups in total. The fourth-order valence-electron chi connectivity index (χ4n) is 0.675. The Morgan fingerprint density at radius 2 is 1.84 bits per heavy atom. The topological polar surface area (TPSA) is 93.1 Å². The van der Waals surface area contributed by atoms with Gasteiger partial charge in [-0.25, -0.2) is 13.7 Å². The first-order valence-corrected chi connectivity index (χ1v) is 5.96. The van der Waals surface area contributed by atoms with Gasteiger partial charge in [0.1, 0.15) is 18.5 Å². The van der Waals surface area contributed by atoms with Crippen LogP contribution in [0.25, 0.3) is 0 Å². The van der Waals surface area contributed by atoms with Crippen LogP contribution in [-0.4, -0.2) is 41.9 Å². The minimum atomic E-state index is -5.62. The van der Waals surface area contributed by atoms with Gasteiger partial charge in [0, 0.05) is 0 Å². The van der Waals surface area contributed by atoms with Gasteiger partial charge in [0.25, 0.3) is 10.0 Å². The number of hydrogen-bond donors (Lipinski definition) is 1. The molecule has 0 spiro atoms. The van der Waals surface area contributed by atoms with Gasteiger partial charge in [0.05, 0.1) is 0 Å². The van der Waals surface area contributed by atoms with E-state index in [-0.39, 0.29) is 58.2 Å². The predicted octanol–water partition coefficient (Wildman–Crippen LogP) is -2.04. The molecule has 0 rings (SSSR count). The monoisotopic (exact) mass is 401 g/mol. The Labute approximate surface area is 158 Å². The largest absolute Gasteiger partial charge is 1.00 e. The van der Waals surface area contributed by atoms with E-state index in [1.165, 1.54) is 0 Å². The number of sulfonamides is 1. The van der Waals surface area contributed by atoms with E-state index in [1.54, 1.807) is 0 Å². The molecule has 19 heavy (non-hydrogen) atoms. The SMILES string of the molecule is CN([C-]=O)S(=O)(=O)C(F)(F)CC(F)(F)SOOO.[Rb+]. The van der Waals surface area contributed by atoms with E-state index in [0.29, 0.717) is 13.5 Å². The van der Waals surface area contributed by atoms with E-state index in [2.05, 4.69) is 9.37 Å². The van der Waals surface area contributed by atoms with E-state index in [1.807, 2.05) is 0 Å². The second-order valence-electron chi connectivity index (χ2n) is 2.74. The maximum absolute atomic E-state index is 13.1. The average Bonchev–Trinajstić information content (AvgIpc) is 2.23. The molecule has 14 heteroatoms. The average molecular weight is 402 g/mol. The summed E-state index contributed by atoms with van der Waals surface area (Å²) in [6, 6.07) is 0. The number of hydrogen-bond acceptors (Lipinski definition) is 7. The van der Waals surface area contributed by atoms with Crippen molar-refractivity contribution >= 4 is 28.5 Å². The summed E-state index contributed by atoms with van der Waals surface area (Å²) in [4.78, 5) is 9.95. The van der Waals surface area contributed by atoms with Crippen molar-refractivity contribution in [2.75, 3.05) is 7.05 Å². The molecule has 0 aromatic rings. The second-order valence-corrected chi connectivity index (χ2v) is 5.74. The zero-order chi connectivity index (χ0) is 14.6. The van der Waals surface area contributed by atoms with E-state index in [9.17, 15) is 30.8 Å². The van der Waals surface area contributed by atoms with Gasteiger partial charge in [-0.3, -0.25) is 0 Å². The van der Waals surface area contributed by atoms with Gasteiger partial charge >= 0.3 is 68.7 Å². The van der Waals surface area contributed by atoms with Crippen molar-refractivity contribution in [1.29, 1.82) is 0 Å². The Hall–Kier alpha value is 1.18. The molecular weight excluding hydrogens is 396 g/mol. The summed E-state index contributed by atoms with van der Waals surface area (Å²) in [6.45, 7) is 0. The molecule has 108 valence electrons. The third kappa shape index (κ3) is 6.65. The number of nitrogens with zero attached hydrogens (tertiary/aromatic N) is 1. The summed E-state index contributed by atoms with van der Waals surface area (Å²) in [7, 11) is -5.21. The first kappa shape index (κ1) is 22.5. The molecule has 0 aliphatic rings. The molecule has 1 amide bonds. The third-order valence-corrected chi connectivity index (χ3v) is 3.68. The van der Waals surface area contributed by atoms with Gasteiger partial charge < -0.3 is 9.10 Å². The third-order valence-electron chi connectivity index (χ3n) is 1.46. The van der Waals surface area contributed by atoms with Crippen molar-refractivity contribution in [2.24, 2.45) is 0 Å². The summed E-state index contributed by atoms with van der Waals surface area (Å²) in [6.07, 6.45) is -1.89. The molecule has 0 bridgehead atoms. The quantitative estimate of drug-likeness (QED) is 0.125. The fourth-order valence-corrected chi connectivity index (χ4v) is 2.00. The number of alkyl halides is 4. The van der Waals surface area contributed by atoms with Gasteiger partial charge in [-0.05, 0) is 7.05 Å². The molecular formula is C5H6F4NO6RbS2. The first-order chi connectivity index (χ1) is 8.00. The number of halogens is 4. The summed E-state index contributed by atoms with van der Waals surface area (Å²) in [5.41, 5.74) is 0. The molecule has 0 aromatic heterocycles. The van der Waals surface area contributed by atoms with Crippen LogP contribution in [0, 0.1) is 0 Å². The normalized spacial score (nSPS) is 12.7. The predicted molar refractivity (Wildman–Crippen MR) is 49.3 cm³/mol. The number of rotatable bonds is 8. The zero-order valence-electron chi connectivity index (χ0n) is 9.47. The van der Waals surface area contributed by atoms with Crippen molar-refractivity contribution in [3.05, 3.63) is 0 Å². The standard InChI is InChI=1S/C5H6F4NO6S2.Rb/c1-10(3-11)18(13,14)5(8,9)2-4(6,7)17-16-15-12;/h12H,2H2,1H3;/q-1;+1. The summed E-state index contributed by atoms with van der Waals surface area (Å²) in [5.74, 6) is 0. The molecule has 0 unspecified atom stereocenters. The molecule has 0 aliphatic heterocycles. The van der Waals surface area contributed by atoms with Crippen molar-refractivity contribution in [3.8, 4) is 0 Å². The van der Waals surface area contributed by atoms with Crippen LogP contribution in [0.5, 0.6) is 0 Å². The minimum absolute atomic E-state index is 0. The molecule has 0 heterocycles. The van der Waals surface area contributed by atoms with Crippen molar-refractivity contribution < 1.29 is 104 Å². The molecule has 0 saturated carbocycles. The molecule has 0 fully saturated rings. The van der Waals surface area contributed by atoms with Crippen LogP contribution in [0.3, 0.4) is 0 Å². The second kappa shape index (κ2) is 8.58. The van der Waals surface area contributed by atoms with Gasteiger partial charge in [-0.1, -0.05) is 5.04 Å². The minimum Gasteiger partial charge on any atom is -0.519 e. The molecule has 0 aliphatic carbocycles.